The first-order valence-corrected chi connectivity index (χ1v) is 12.5. The summed E-state index contributed by atoms with van der Waals surface area (Å²) in [4.78, 5) is 24.4. The zero-order valence-electron chi connectivity index (χ0n) is 21.3. The van der Waals surface area contributed by atoms with Crippen molar-refractivity contribution in [1.29, 1.82) is 0 Å². The van der Waals surface area contributed by atoms with E-state index in [1.54, 1.807) is 26.0 Å². The maximum Gasteiger partial charge on any atom is 0.305 e. The Labute approximate surface area is 217 Å². The lowest BCUT2D eigenvalue weighted by atomic mass is 10.1. The Morgan fingerprint density at radius 3 is 2.57 bits per heavy atom. The Hall–Kier alpha value is -4.32. The molecule has 0 aliphatic heterocycles. The molecule has 0 radical (unpaired) electrons. The van der Waals surface area contributed by atoms with E-state index in [0.717, 1.165) is 23.0 Å². The van der Waals surface area contributed by atoms with Crippen molar-refractivity contribution in [2.24, 2.45) is 0 Å². The van der Waals surface area contributed by atoms with Crippen molar-refractivity contribution < 1.29 is 19.1 Å². The zero-order valence-corrected chi connectivity index (χ0v) is 21.3. The minimum absolute atomic E-state index is 0.204. The van der Waals surface area contributed by atoms with Crippen LogP contribution in [-0.2, 0) is 20.9 Å². The smallest absolute Gasteiger partial charge is 0.305 e. The second-order valence-corrected chi connectivity index (χ2v) is 8.78. The molecule has 1 aromatic heterocycles. The largest absolute Gasteiger partial charge is 0.491 e. The van der Waals surface area contributed by atoms with Gasteiger partial charge in [0.25, 0.3) is 5.91 Å². The second kappa shape index (κ2) is 12.6. The Morgan fingerprint density at radius 2 is 1.76 bits per heavy atom. The highest BCUT2D eigenvalue weighted by Gasteiger charge is 2.11. The van der Waals surface area contributed by atoms with Gasteiger partial charge in [-0.05, 0) is 67.8 Å². The number of hydrogen-bond donors (Lipinski definition) is 1. The van der Waals surface area contributed by atoms with Gasteiger partial charge in [0.05, 0.1) is 18.9 Å². The molecule has 0 aliphatic rings. The van der Waals surface area contributed by atoms with Gasteiger partial charge in [-0.25, -0.2) is 0 Å². The number of aromatic nitrogens is 1. The summed E-state index contributed by atoms with van der Waals surface area (Å²) >= 11 is 0. The van der Waals surface area contributed by atoms with Crippen LogP contribution in [0.1, 0.15) is 37.8 Å². The molecule has 0 aliphatic carbocycles. The number of nitrogens with one attached hydrogen (secondary N) is 1. The number of para-hydroxylation sites is 2. The molecule has 37 heavy (non-hydrogen) atoms. The van der Waals surface area contributed by atoms with E-state index >= 15 is 0 Å². The minimum Gasteiger partial charge on any atom is -0.491 e. The summed E-state index contributed by atoms with van der Waals surface area (Å²) < 4.78 is 13.0. The Kier molecular flexibility index (Phi) is 8.76. The summed E-state index contributed by atoms with van der Waals surface area (Å²) in [6.07, 6.45) is 4.81. The Morgan fingerprint density at radius 1 is 0.973 bits per heavy atom. The molecule has 0 fully saturated rings. The highest BCUT2D eigenvalue weighted by Crippen LogP contribution is 2.25. The number of rotatable bonds is 11. The van der Waals surface area contributed by atoms with Gasteiger partial charge in [-0.15, -0.1) is 0 Å². The fourth-order valence-electron chi connectivity index (χ4n) is 4.09. The summed E-state index contributed by atoms with van der Waals surface area (Å²) in [6, 6.07) is 26.0. The average molecular weight is 497 g/mol. The topological polar surface area (TPSA) is 69.6 Å². The Balaban J connectivity index is 1.39. The van der Waals surface area contributed by atoms with Crippen molar-refractivity contribution in [2.75, 3.05) is 18.5 Å². The SMILES string of the molecule is CCOC(=O)CCCOc1ccccc1NC(=O)/C(C)=C/c1ccc2c(ccn2Cc2ccccc2)c1. The third kappa shape index (κ3) is 7.10. The molecular weight excluding hydrogens is 464 g/mol. The van der Waals surface area contributed by atoms with E-state index < -0.39 is 0 Å². The van der Waals surface area contributed by atoms with Crippen molar-refractivity contribution in [3.63, 3.8) is 0 Å². The Bertz CT molecular complexity index is 1390. The third-order valence-electron chi connectivity index (χ3n) is 5.96. The van der Waals surface area contributed by atoms with Crippen LogP contribution in [-0.4, -0.2) is 29.7 Å². The van der Waals surface area contributed by atoms with Gasteiger partial charge < -0.3 is 19.4 Å². The number of amides is 1. The van der Waals surface area contributed by atoms with Gasteiger partial charge in [-0.2, -0.15) is 0 Å². The van der Waals surface area contributed by atoms with Gasteiger partial charge in [-0.3, -0.25) is 9.59 Å². The highest BCUT2D eigenvalue weighted by atomic mass is 16.5. The van der Waals surface area contributed by atoms with Gasteiger partial charge >= 0.3 is 5.97 Å². The summed E-state index contributed by atoms with van der Waals surface area (Å²) in [5.74, 6) is 0.123. The lowest BCUT2D eigenvalue weighted by molar-refractivity contribution is -0.143. The van der Waals surface area contributed by atoms with Gasteiger partial charge in [0.2, 0.25) is 0 Å². The first-order chi connectivity index (χ1) is 18.0. The molecule has 0 spiro atoms. The van der Waals surface area contributed by atoms with Crippen molar-refractivity contribution in [2.45, 2.75) is 33.2 Å². The number of hydrogen-bond acceptors (Lipinski definition) is 4. The lowest BCUT2D eigenvalue weighted by Crippen LogP contribution is -2.14. The number of benzene rings is 3. The number of carbonyl (C=O) groups excluding carboxylic acids is 2. The minimum atomic E-state index is -0.237. The molecule has 6 nitrogen and oxygen atoms in total. The second-order valence-electron chi connectivity index (χ2n) is 8.78. The van der Waals surface area contributed by atoms with Crippen molar-refractivity contribution in [1.82, 2.24) is 4.57 Å². The number of fused-ring (bicyclic) bond motifs is 1. The van der Waals surface area contributed by atoms with Crippen LogP contribution >= 0.6 is 0 Å². The fourth-order valence-corrected chi connectivity index (χ4v) is 4.09. The monoisotopic (exact) mass is 496 g/mol. The number of ether oxygens (including phenoxy) is 2. The maximum absolute atomic E-state index is 12.9. The number of anilines is 1. The molecule has 0 unspecified atom stereocenters. The molecule has 6 heteroatoms. The summed E-state index contributed by atoms with van der Waals surface area (Å²) in [5, 5.41) is 4.07. The van der Waals surface area contributed by atoms with Crippen molar-refractivity contribution >= 4 is 34.5 Å². The van der Waals surface area contributed by atoms with Crippen LogP contribution in [0.4, 0.5) is 5.69 Å². The first kappa shape index (κ1) is 25.8. The zero-order chi connectivity index (χ0) is 26.0. The number of nitrogens with zero attached hydrogens (tertiary/aromatic N) is 1. The van der Waals surface area contributed by atoms with Crippen molar-refractivity contribution in [3.05, 3.63) is 102 Å². The van der Waals surface area contributed by atoms with E-state index in [9.17, 15) is 9.59 Å². The number of carbonyl (C=O) groups is 2. The molecule has 0 atom stereocenters. The van der Waals surface area contributed by atoms with Crippen LogP contribution in [0.5, 0.6) is 5.75 Å². The van der Waals surface area contributed by atoms with Crippen LogP contribution in [0.2, 0.25) is 0 Å². The molecule has 190 valence electrons. The molecule has 0 bridgehead atoms. The predicted molar refractivity (Wildman–Crippen MR) is 148 cm³/mol. The molecule has 1 heterocycles. The normalized spacial score (nSPS) is 11.4. The van der Waals surface area contributed by atoms with E-state index in [1.807, 2.05) is 30.3 Å². The van der Waals surface area contributed by atoms with Gasteiger partial charge in [0, 0.05) is 35.6 Å². The molecule has 4 aromatic rings. The molecular formula is C31H32N2O4. The maximum atomic E-state index is 12.9. The molecule has 1 amide bonds. The first-order valence-electron chi connectivity index (χ1n) is 12.5. The van der Waals surface area contributed by atoms with Gasteiger partial charge in [0.1, 0.15) is 5.75 Å². The quantitative estimate of drug-likeness (QED) is 0.147. The molecule has 3 aromatic carbocycles. The standard InChI is InChI=1S/C31H32N2O4/c1-3-36-30(34)14-9-19-37-29-13-8-7-12-27(29)32-31(35)23(2)20-25-15-16-28-26(21-25)17-18-33(28)22-24-10-5-4-6-11-24/h4-8,10-13,15-18,20-21H,3,9,14,19,22H2,1-2H3,(H,32,35)/b23-20+. The van der Waals surface area contributed by atoms with E-state index in [0.29, 0.717) is 43.1 Å². The van der Waals surface area contributed by atoms with Crippen LogP contribution in [0, 0.1) is 0 Å². The summed E-state index contributed by atoms with van der Waals surface area (Å²) in [5.41, 5.74) is 4.53. The number of esters is 1. The fraction of sp³-hybridized carbons (Fsp3) is 0.226. The van der Waals surface area contributed by atoms with Crippen LogP contribution < -0.4 is 10.1 Å². The molecule has 4 rings (SSSR count). The highest BCUT2D eigenvalue weighted by molar-refractivity contribution is 6.07. The van der Waals surface area contributed by atoms with Crippen LogP contribution in [0.25, 0.3) is 17.0 Å². The molecule has 0 saturated heterocycles. The van der Waals surface area contributed by atoms with Crippen LogP contribution in [0.3, 0.4) is 0 Å². The molecule has 1 N–H and O–H groups in total. The predicted octanol–water partition coefficient (Wildman–Crippen LogP) is 6.45. The van der Waals surface area contributed by atoms with E-state index in [2.05, 4.69) is 58.5 Å². The van der Waals surface area contributed by atoms with E-state index in [4.69, 9.17) is 9.47 Å². The molecule has 0 saturated carbocycles. The van der Waals surface area contributed by atoms with Crippen LogP contribution in [0.15, 0.2) is 90.6 Å². The van der Waals surface area contributed by atoms with Crippen molar-refractivity contribution in [3.8, 4) is 5.75 Å². The van der Waals surface area contributed by atoms with Gasteiger partial charge in [0.15, 0.2) is 0 Å². The average Bonchev–Trinajstić information content (AvgIpc) is 3.30. The van der Waals surface area contributed by atoms with E-state index in [1.165, 1.54) is 5.56 Å². The lowest BCUT2D eigenvalue weighted by Gasteiger charge is -2.12. The third-order valence-corrected chi connectivity index (χ3v) is 5.96. The van der Waals surface area contributed by atoms with E-state index in [-0.39, 0.29) is 11.9 Å². The summed E-state index contributed by atoms with van der Waals surface area (Å²) in [6.45, 7) is 5.11. The van der Waals surface area contributed by atoms with Gasteiger partial charge in [-0.1, -0.05) is 48.5 Å². The summed E-state index contributed by atoms with van der Waals surface area (Å²) in [7, 11) is 0.